The monoisotopic (exact) mass is 325 g/mol. The molecule has 0 bridgehead atoms. The summed E-state index contributed by atoms with van der Waals surface area (Å²) in [7, 11) is 3.17. The fraction of sp³-hybridized carbons (Fsp3) is 0.562. The molecule has 6 nitrogen and oxygen atoms in total. The van der Waals surface area contributed by atoms with Crippen molar-refractivity contribution in [3.05, 3.63) is 29.6 Å². The Balaban J connectivity index is 2.26. The summed E-state index contributed by atoms with van der Waals surface area (Å²) >= 11 is 0. The summed E-state index contributed by atoms with van der Waals surface area (Å²) in [6, 6.07) is 3.51. The number of ether oxygens (including phenoxy) is 1. The number of carbonyl (C=O) groups is 1. The van der Waals surface area contributed by atoms with Crippen LogP contribution in [0.25, 0.3) is 0 Å². The van der Waals surface area contributed by atoms with Crippen LogP contribution >= 0.6 is 0 Å². The van der Waals surface area contributed by atoms with Crippen LogP contribution in [0.5, 0.6) is 5.75 Å². The van der Waals surface area contributed by atoms with Gasteiger partial charge in [-0.25, -0.2) is 4.39 Å². The lowest BCUT2D eigenvalue weighted by molar-refractivity contribution is -0.143. The predicted octanol–water partition coefficient (Wildman–Crippen LogP) is 1.39. The van der Waals surface area contributed by atoms with Gasteiger partial charge in [-0.15, -0.1) is 0 Å². The molecular weight excluding hydrogens is 301 g/mol. The Hall–Kier alpha value is -1.70. The first-order chi connectivity index (χ1) is 10.8. The van der Waals surface area contributed by atoms with E-state index in [1.54, 1.807) is 11.9 Å². The SMILES string of the molecule is COc1cc(F)ccc1C(C(=O)O)N(C)CC1C(C)NNC1C. The first-order valence-electron chi connectivity index (χ1n) is 7.62. The highest BCUT2D eigenvalue weighted by Crippen LogP contribution is 2.31. The molecule has 3 N–H and O–H groups in total. The number of methoxy groups -OCH3 is 1. The standard InChI is InChI=1S/C16H24FN3O3/c1-9-13(10(2)19-18-9)8-20(3)15(16(21)22)12-6-5-11(17)7-14(12)23-4/h5-7,9-10,13,15,18-19H,8H2,1-4H3,(H,21,22). The van der Waals surface area contributed by atoms with Gasteiger partial charge in [0.1, 0.15) is 17.6 Å². The maximum Gasteiger partial charge on any atom is 0.325 e. The zero-order valence-electron chi connectivity index (χ0n) is 13.8. The maximum absolute atomic E-state index is 13.4. The average Bonchev–Trinajstić information content (AvgIpc) is 2.80. The first kappa shape index (κ1) is 17.7. The van der Waals surface area contributed by atoms with E-state index in [0.717, 1.165) is 0 Å². The Labute approximate surface area is 135 Å². The van der Waals surface area contributed by atoms with Crippen LogP contribution in [-0.2, 0) is 4.79 Å². The summed E-state index contributed by atoms with van der Waals surface area (Å²) in [4.78, 5) is 13.6. The van der Waals surface area contributed by atoms with Gasteiger partial charge in [0.25, 0.3) is 0 Å². The van der Waals surface area contributed by atoms with Gasteiger partial charge in [0.05, 0.1) is 7.11 Å². The van der Waals surface area contributed by atoms with Crippen molar-refractivity contribution in [1.82, 2.24) is 15.8 Å². The van der Waals surface area contributed by atoms with Gasteiger partial charge in [0, 0.05) is 36.2 Å². The third-order valence-corrected chi connectivity index (χ3v) is 4.49. The third kappa shape index (κ3) is 3.80. The molecule has 1 saturated heterocycles. The molecule has 2 rings (SSSR count). The summed E-state index contributed by atoms with van der Waals surface area (Å²) in [6.07, 6.45) is 0. The minimum absolute atomic E-state index is 0.233. The highest BCUT2D eigenvalue weighted by atomic mass is 19.1. The second-order valence-electron chi connectivity index (χ2n) is 6.10. The minimum Gasteiger partial charge on any atom is -0.496 e. The molecule has 128 valence electrons. The van der Waals surface area contributed by atoms with Crippen molar-refractivity contribution in [3.8, 4) is 5.75 Å². The highest BCUT2D eigenvalue weighted by molar-refractivity contribution is 5.76. The molecule has 0 aliphatic carbocycles. The van der Waals surface area contributed by atoms with E-state index in [1.165, 1.54) is 25.3 Å². The second-order valence-corrected chi connectivity index (χ2v) is 6.10. The number of carboxylic acid groups (broad SMARTS) is 1. The number of likely N-dealkylation sites (N-methyl/N-ethyl adjacent to an activating group) is 1. The fourth-order valence-corrected chi connectivity index (χ4v) is 3.13. The lowest BCUT2D eigenvalue weighted by Crippen LogP contribution is -2.40. The van der Waals surface area contributed by atoms with Gasteiger partial charge in [0.15, 0.2) is 0 Å². The number of rotatable bonds is 6. The van der Waals surface area contributed by atoms with Crippen LogP contribution in [0.4, 0.5) is 4.39 Å². The maximum atomic E-state index is 13.4. The zero-order valence-corrected chi connectivity index (χ0v) is 13.8. The van der Waals surface area contributed by atoms with Crippen LogP contribution < -0.4 is 15.6 Å². The number of nitrogens with one attached hydrogen (secondary N) is 2. The van der Waals surface area contributed by atoms with Crippen LogP contribution in [-0.4, -0.2) is 48.8 Å². The van der Waals surface area contributed by atoms with E-state index in [2.05, 4.69) is 24.7 Å². The van der Waals surface area contributed by atoms with Gasteiger partial charge in [-0.1, -0.05) is 6.07 Å². The van der Waals surface area contributed by atoms with Gasteiger partial charge in [-0.3, -0.25) is 20.5 Å². The zero-order chi connectivity index (χ0) is 17.1. The molecular formula is C16H24FN3O3. The van der Waals surface area contributed by atoms with Crippen molar-refractivity contribution < 1.29 is 19.0 Å². The van der Waals surface area contributed by atoms with E-state index in [-0.39, 0.29) is 23.8 Å². The largest absolute Gasteiger partial charge is 0.496 e. The molecule has 1 aromatic carbocycles. The molecule has 1 aromatic rings. The van der Waals surface area contributed by atoms with Crippen molar-refractivity contribution in [2.75, 3.05) is 20.7 Å². The molecule has 0 spiro atoms. The fourth-order valence-electron chi connectivity index (χ4n) is 3.13. The molecule has 0 saturated carbocycles. The van der Waals surface area contributed by atoms with E-state index in [9.17, 15) is 14.3 Å². The number of hydrogen-bond acceptors (Lipinski definition) is 5. The normalized spacial score (nSPS) is 25.6. The van der Waals surface area contributed by atoms with E-state index < -0.39 is 17.8 Å². The Morgan fingerprint density at radius 1 is 1.39 bits per heavy atom. The summed E-state index contributed by atoms with van der Waals surface area (Å²) in [6.45, 7) is 4.70. The van der Waals surface area contributed by atoms with Gasteiger partial charge >= 0.3 is 5.97 Å². The molecule has 0 aromatic heterocycles. The van der Waals surface area contributed by atoms with Crippen LogP contribution in [0.2, 0.25) is 0 Å². The van der Waals surface area contributed by atoms with Crippen molar-refractivity contribution in [3.63, 3.8) is 0 Å². The summed E-state index contributed by atoms with van der Waals surface area (Å²) in [5.74, 6) is -0.943. The molecule has 3 atom stereocenters. The summed E-state index contributed by atoms with van der Waals surface area (Å²) < 4.78 is 18.5. The Morgan fingerprint density at radius 2 is 2.00 bits per heavy atom. The van der Waals surface area contributed by atoms with E-state index in [1.807, 2.05) is 0 Å². The Kier molecular flexibility index (Phi) is 5.56. The molecule has 1 heterocycles. The number of carboxylic acids is 1. The van der Waals surface area contributed by atoms with E-state index in [0.29, 0.717) is 12.1 Å². The Morgan fingerprint density at radius 3 is 2.52 bits per heavy atom. The van der Waals surface area contributed by atoms with Crippen molar-refractivity contribution in [1.29, 1.82) is 0 Å². The Bertz CT molecular complexity index is 560. The van der Waals surface area contributed by atoms with Crippen LogP contribution in [0.15, 0.2) is 18.2 Å². The molecule has 0 amide bonds. The summed E-state index contributed by atoms with van der Waals surface area (Å²) in [5, 5.41) is 9.67. The van der Waals surface area contributed by atoms with Gasteiger partial charge < -0.3 is 9.84 Å². The van der Waals surface area contributed by atoms with Crippen LogP contribution in [0.3, 0.4) is 0 Å². The smallest absolute Gasteiger partial charge is 0.325 e. The molecule has 7 heteroatoms. The molecule has 23 heavy (non-hydrogen) atoms. The molecule has 1 fully saturated rings. The minimum atomic E-state index is -0.989. The molecule has 3 unspecified atom stereocenters. The van der Waals surface area contributed by atoms with Crippen LogP contribution in [0.1, 0.15) is 25.5 Å². The second kappa shape index (κ2) is 7.25. The van der Waals surface area contributed by atoms with E-state index >= 15 is 0 Å². The number of hydrogen-bond donors (Lipinski definition) is 3. The lowest BCUT2D eigenvalue weighted by Gasteiger charge is -2.30. The summed E-state index contributed by atoms with van der Waals surface area (Å²) in [5.41, 5.74) is 6.78. The lowest BCUT2D eigenvalue weighted by atomic mass is 9.94. The van der Waals surface area contributed by atoms with E-state index in [4.69, 9.17) is 4.74 Å². The molecule has 0 radical (unpaired) electrons. The topological polar surface area (TPSA) is 73.8 Å². The van der Waals surface area contributed by atoms with Crippen molar-refractivity contribution >= 4 is 5.97 Å². The van der Waals surface area contributed by atoms with Crippen molar-refractivity contribution in [2.45, 2.75) is 32.0 Å². The highest BCUT2D eigenvalue weighted by Gasteiger charge is 2.35. The number of halogens is 1. The number of nitrogens with zero attached hydrogens (tertiary/aromatic N) is 1. The first-order valence-corrected chi connectivity index (χ1v) is 7.62. The van der Waals surface area contributed by atoms with Crippen LogP contribution in [0, 0.1) is 11.7 Å². The molecule has 1 aliphatic rings. The number of hydrazine groups is 1. The van der Waals surface area contributed by atoms with Gasteiger partial charge in [0.2, 0.25) is 0 Å². The number of aliphatic carboxylic acids is 1. The number of benzene rings is 1. The predicted molar refractivity (Wildman–Crippen MR) is 84.6 cm³/mol. The van der Waals surface area contributed by atoms with Crippen molar-refractivity contribution in [2.24, 2.45) is 5.92 Å². The molecule has 1 aliphatic heterocycles. The average molecular weight is 325 g/mol. The third-order valence-electron chi connectivity index (χ3n) is 4.49. The van der Waals surface area contributed by atoms with Gasteiger partial charge in [-0.2, -0.15) is 0 Å². The quantitative estimate of drug-likeness (QED) is 0.734. The van der Waals surface area contributed by atoms with Gasteiger partial charge in [-0.05, 0) is 27.0 Å².